The van der Waals surface area contributed by atoms with E-state index < -0.39 is 0 Å². The Morgan fingerprint density at radius 3 is 2.38 bits per heavy atom. The van der Waals surface area contributed by atoms with Gasteiger partial charge in [0.25, 0.3) is 5.56 Å². The number of ether oxygens (including phenoxy) is 1. The molecular formula is C34H31N5O2S. The molecule has 0 bridgehead atoms. The molecule has 7 nitrogen and oxygen atoms in total. The van der Waals surface area contributed by atoms with Crippen molar-refractivity contribution in [3.8, 4) is 34.1 Å². The van der Waals surface area contributed by atoms with Crippen molar-refractivity contribution < 1.29 is 4.74 Å². The maximum absolute atomic E-state index is 13.5. The van der Waals surface area contributed by atoms with E-state index in [2.05, 4.69) is 49.6 Å². The van der Waals surface area contributed by atoms with Gasteiger partial charge in [0.1, 0.15) is 18.1 Å². The van der Waals surface area contributed by atoms with Crippen molar-refractivity contribution in [2.45, 2.75) is 33.1 Å². The first-order valence-corrected chi connectivity index (χ1v) is 14.5. The molecule has 0 saturated carbocycles. The molecule has 6 rings (SSSR count). The molecule has 42 heavy (non-hydrogen) atoms. The zero-order valence-electron chi connectivity index (χ0n) is 24.0. The molecule has 0 atom stereocenters. The minimum atomic E-state index is -0.206. The Hall–Kier alpha value is -4.82. The van der Waals surface area contributed by atoms with Gasteiger partial charge in [0, 0.05) is 22.9 Å². The first-order chi connectivity index (χ1) is 20.2. The summed E-state index contributed by atoms with van der Waals surface area (Å²) in [5, 5.41) is 9.48. The Balaban J connectivity index is 1.42. The minimum absolute atomic E-state index is 0.0562. The Morgan fingerprint density at radius 2 is 1.71 bits per heavy atom. The van der Waals surface area contributed by atoms with Gasteiger partial charge in [-0.1, -0.05) is 87.2 Å². The molecule has 3 heterocycles. The summed E-state index contributed by atoms with van der Waals surface area (Å²) in [5.41, 5.74) is 6.37. The third-order valence-electron chi connectivity index (χ3n) is 7.05. The van der Waals surface area contributed by atoms with Crippen molar-refractivity contribution in [1.82, 2.24) is 24.4 Å². The van der Waals surface area contributed by atoms with E-state index in [-0.39, 0.29) is 11.0 Å². The molecule has 0 aliphatic rings. The number of hydrogen-bond donors (Lipinski definition) is 0. The standard InChI is InChI=1S/C34H31N5O2S/c1-6-18-41-28-17-14-24(19-22(28)2)30-25(21-38(36-30)27-10-8-7-9-11-27)20-29-32(40)39-33(42-29)35-31(37-39)23-12-15-26(16-13-23)34(3,4)5/h6-17,19-21H,1,18H2,2-5H3/b29-20-. The number of thiazole rings is 1. The normalized spacial score (nSPS) is 12.2. The van der Waals surface area contributed by atoms with Gasteiger partial charge in [0.05, 0.1) is 10.2 Å². The average Bonchev–Trinajstić information content (AvgIpc) is 3.67. The second-order valence-corrected chi connectivity index (χ2v) is 12.2. The highest BCUT2D eigenvalue weighted by atomic mass is 32.1. The van der Waals surface area contributed by atoms with Gasteiger partial charge in [0.2, 0.25) is 4.96 Å². The van der Waals surface area contributed by atoms with Gasteiger partial charge in [-0.2, -0.15) is 14.6 Å². The van der Waals surface area contributed by atoms with Crippen LogP contribution in [0.25, 0.3) is 39.4 Å². The third kappa shape index (κ3) is 5.29. The molecule has 6 aromatic rings. The quantitative estimate of drug-likeness (QED) is 0.207. The van der Waals surface area contributed by atoms with Crippen molar-refractivity contribution in [2.24, 2.45) is 0 Å². The highest BCUT2D eigenvalue weighted by molar-refractivity contribution is 7.15. The number of para-hydroxylation sites is 1. The second-order valence-electron chi connectivity index (χ2n) is 11.2. The largest absolute Gasteiger partial charge is 0.489 e. The lowest BCUT2D eigenvalue weighted by Crippen LogP contribution is -2.23. The molecule has 0 N–H and O–H groups in total. The maximum atomic E-state index is 13.5. The Labute approximate surface area is 248 Å². The fraction of sp³-hybridized carbons (Fsp3) is 0.176. The zero-order valence-corrected chi connectivity index (χ0v) is 24.9. The third-order valence-corrected chi connectivity index (χ3v) is 8.01. The first kappa shape index (κ1) is 27.4. The average molecular weight is 574 g/mol. The van der Waals surface area contributed by atoms with Crippen LogP contribution in [0.1, 0.15) is 37.5 Å². The van der Waals surface area contributed by atoms with Gasteiger partial charge in [-0.3, -0.25) is 4.79 Å². The van der Waals surface area contributed by atoms with Gasteiger partial charge >= 0.3 is 0 Å². The molecule has 3 aromatic carbocycles. The van der Waals surface area contributed by atoms with Crippen molar-refractivity contribution in [1.29, 1.82) is 0 Å². The van der Waals surface area contributed by atoms with E-state index in [0.29, 0.717) is 21.9 Å². The van der Waals surface area contributed by atoms with Crippen LogP contribution in [0.5, 0.6) is 5.75 Å². The lowest BCUT2D eigenvalue weighted by Gasteiger charge is -2.18. The summed E-state index contributed by atoms with van der Waals surface area (Å²) in [7, 11) is 0. The molecule has 0 aliphatic carbocycles. The minimum Gasteiger partial charge on any atom is -0.489 e. The fourth-order valence-electron chi connectivity index (χ4n) is 4.75. The summed E-state index contributed by atoms with van der Waals surface area (Å²) < 4.78 is 9.53. The van der Waals surface area contributed by atoms with Gasteiger partial charge in [0.15, 0.2) is 5.82 Å². The Kier molecular flexibility index (Phi) is 7.08. The van der Waals surface area contributed by atoms with Crippen LogP contribution in [-0.2, 0) is 5.41 Å². The van der Waals surface area contributed by atoms with Crippen molar-refractivity contribution in [2.75, 3.05) is 6.61 Å². The predicted molar refractivity (Wildman–Crippen MR) is 169 cm³/mol. The number of aryl methyl sites for hydroxylation is 1. The van der Waals surface area contributed by atoms with Gasteiger partial charge in [-0.25, -0.2) is 4.68 Å². The van der Waals surface area contributed by atoms with Crippen LogP contribution >= 0.6 is 11.3 Å². The summed E-state index contributed by atoms with van der Waals surface area (Å²) in [6.45, 7) is 12.7. The Bertz CT molecular complexity index is 2010. The number of rotatable bonds is 7. The van der Waals surface area contributed by atoms with Gasteiger partial charge in [-0.05, 0) is 59.9 Å². The van der Waals surface area contributed by atoms with Crippen molar-refractivity contribution in [3.05, 3.63) is 123 Å². The molecule has 0 radical (unpaired) electrons. The second kappa shape index (κ2) is 10.9. The molecular weight excluding hydrogens is 542 g/mol. The van der Waals surface area contributed by atoms with Gasteiger partial charge in [-0.15, -0.1) is 5.10 Å². The summed E-state index contributed by atoms with van der Waals surface area (Å²) in [6, 6.07) is 24.1. The number of aromatic nitrogens is 5. The van der Waals surface area contributed by atoms with E-state index >= 15 is 0 Å². The topological polar surface area (TPSA) is 74.3 Å². The van der Waals surface area contributed by atoms with Crippen LogP contribution in [0.15, 0.2) is 96.4 Å². The molecule has 0 saturated heterocycles. The van der Waals surface area contributed by atoms with Crippen LogP contribution in [0, 0.1) is 6.92 Å². The van der Waals surface area contributed by atoms with E-state index in [1.807, 2.05) is 84.5 Å². The SMILES string of the molecule is C=CCOc1ccc(-c2nn(-c3ccccc3)cc2/C=c2\sc3nc(-c4ccc(C(C)(C)C)cc4)nn3c2=O)cc1C. The zero-order chi connectivity index (χ0) is 29.4. The Morgan fingerprint density at radius 1 is 0.976 bits per heavy atom. The first-order valence-electron chi connectivity index (χ1n) is 13.7. The van der Waals surface area contributed by atoms with Crippen molar-refractivity contribution >= 4 is 22.4 Å². The number of nitrogens with zero attached hydrogens (tertiary/aromatic N) is 5. The number of benzene rings is 3. The molecule has 0 spiro atoms. The summed E-state index contributed by atoms with van der Waals surface area (Å²) >= 11 is 1.32. The highest BCUT2D eigenvalue weighted by Crippen LogP contribution is 2.29. The van der Waals surface area contributed by atoms with Crippen LogP contribution in [0.2, 0.25) is 0 Å². The van der Waals surface area contributed by atoms with E-state index in [4.69, 9.17) is 9.84 Å². The van der Waals surface area contributed by atoms with E-state index in [1.54, 1.807) is 6.08 Å². The molecule has 0 amide bonds. The van der Waals surface area contributed by atoms with E-state index in [9.17, 15) is 4.79 Å². The molecule has 0 fully saturated rings. The molecule has 0 unspecified atom stereocenters. The van der Waals surface area contributed by atoms with Crippen molar-refractivity contribution in [3.63, 3.8) is 0 Å². The van der Waals surface area contributed by atoms with Crippen LogP contribution < -0.4 is 14.8 Å². The highest BCUT2D eigenvalue weighted by Gasteiger charge is 2.17. The van der Waals surface area contributed by atoms with E-state index in [1.165, 1.54) is 21.4 Å². The number of fused-ring (bicyclic) bond motifs is 1. The summed E-state index contributed by atoms with van der Waals surface area (Å²) in [4.78, 5) is 18.7. The molecule has 210 valence electrons. The predicted octanol–water partition coefficient (Wildman–Crippen LogP) is 6.39. The monoisotopic (exact) mass is 573 g/mol. The maximum Gasteiger partial charge on any atom is 0.291 e. The fourth-order valence-corrected chi connectivity index (χ4v) is 5.65. The molecule has 8 heteroatoms. The molecule has 3 aromatic heterocycles. The van der Waals surface area contributed by atoms with Gasteiger partial charge < -0.3 is 4.74 Å². The number of hydrogen-bond acceptors (Lipinski definition) is 6. The lowest BCUT2D eigenvalue weighted by atomic mass is 9.87. The molecule has 0 aliphatic heterocycles. The van der Waals surface area contributed by atoms with E-state index in [0.717, 1.165) is 39.4 Å². The lowest BCUT2D eigenvalue weighted by molar-refractivity contribution is 0.361. The summed E-state index contributed by atoms with van der Waals surface area (Å²) in [6.07, 6.45) is 5.54. The van der Waals surface area contributed by atoms with Crippen LogP contribution in [0.3, 0.4) is 0 Å². The summed E-state index contributed by atoms with van der Waals surface area (Å²) in [5.74, 6) is 1.33. The smallest absolute Gasteiger partial charge is 0.291 e. The van der Waals surface area contributed by atoms with Crippen LogP contribution in [0.4, 0.5) is 0 Å². The van der Waals surface area contributed by atoms with Crippen LogP contribution in [-0.4, -0.2) is 31.0 Å².